The van der Waals surface area contributed by atoms with E-state index in [1.54, 1.807) is 49.6 Å². The second kappa shape index (κ2) is 4.35. The molecule has 0 aliphatic heterocycles. The maximum Gasteiger partial charge on any atom is 0.190 e. The Hall–Kier alpha value is -2.42. The molecule has 0 bridgehead atoms. The largest absolute Gasteiger partial charge is 0.469 e. The Bertz CT molecular complexity index is 691. The lowest BCUT2D eigenvalue weighted by molar-refractivity contribution is 0.0972. The molecule has 3 heteroatoms. The van der Waals surface area contributed by atoms with E-state index in [2.05, 4.69) is 0 Å². The zero-order valence-electron chi connectivity index (χ0n) is 10.5. The van der Waals surface area contributed by atoms with Gasteiger partial charge < -0.3 is 4.42 Å². The number of carbonyl (C=O) groups is 2. The molecule has 3 rings (SSSR count). The van der Waals surface area contributed by atoms with Crippen LogP contribution in [0, 0.1) is 0 Å². The van der Waals surface area contributed by atoms with E-state index in [0.29, 0.717) is 34.5 Å². The Morgan fingerprint density at radius 3 is 2.26 bits per heavy atom. The molecular formula is C16H12O3. The van der Waals surface area contributed by atoms with Crippen LogP contribution in [-0.4, -0.2) is 11.6 Å². The van der Waals surface area contributed by atoms with Gasteiger partial charge in [-0.2, -0.15) is 0 Å². The predicted octanol–water partition coefficient (Wildman–Crippen LogP) is 3.22. The smallest absolute Gasteiger partial charge is 0.190 e. The summed E-state index contributed by atoms with van der Waals surface area (Å²) in [4.78, 5) is 24.7. The SMILES string of the molecule is CC1=C(Cc2ccco2)C(=O)c2ccccc2C1=O. The summed E-state index contributed by atoms with van der Waals surface area (Å²) >= 11 is 0. The first-order valence-electron chi connectivity index (χ1n) is 6.09. The van der Waals surface area contributed by atoms with E-state index in [1.165, 1.54) is 0 Å². The maximum absolute atomic E-state index is 12.4. The third kappa shape index (κ3) is 1.83. The zero-order chi connectivity index (χ0) is 13.4. The molecule has 0 saturated heterocycles. The van der Waals surface area contributed by atoms with Crippen LogP contribution in [0.4, 0.5) is 0 Å². The van der Waals surface area contributed by atoms with Crippen molar-refractivity contribution in [3.05, 3.63) is 70.7 Å². The molecule has 94 valence electrons. The fourth-order valence-electron chi connectivity index (χ4n) is 2.35. The Kier molecular flexibility index (Phi) is 2.67. The van der Waals surface area contributed by atoms with Gasteiger partial charge in [-0.15, -0.1) is 0 Å². The van der Waals surface area contributed by atoms with E-state index < -0.39 is 0 Å². The van der Waals surface area contributed by atoms with Gasteiger partial charge in [0.25, 0.3) is 0 Å². The molecule has 0 saturated carbocycles. The van der Waals surface area contributed by atoms with Gasteiger partial charge in [-0.05, 0) is 19.1 Å². The second-order valence-corrected chi connectivity index (χ2v) is 4.56. The van der Waals surface area contributed by atoms with Crippen LogP contribution in [-0.2, 0) is 6.42 Å². The first-order valence-corrected chi connectivity index (χ1v) is 6.09. The Labute approximate surface area is 110 Å². The van der Waals surface area contributed by atoms with Crippen LogP contribution in [0.1, 0.15) is 33.4 Å². The van der Waals surface area contributed by atoms with Gasteiger partial charge in [0, 0.05) is 28.7 Å². The molecule has 1 heterocycles. The highest BCUT2D eigenvalue weighted by molar-refractivity contribution is 6.26. The number of carbonyl (C=O) groups excluding carboxylic acids is 2. The molecule has 0 fully saturated rings. The highest BCUT2D eigenvalue weighted by atomic mass is 16.3. The molecule has 0 radical (unpaired) electrons. The molecule has 1 aromatic heterocycles. The number of Topliss-reactive ketones (excluding diaryl/α,β-unsaturated/α-hetero) is 2. The van der Waals surface area contributed by atoms with Gasteiger partial charge in [0.2, 0.25) is 0 Å². The van der Waals surface area contributed by atoms with Crippen LogP contribution in [0.2, 0.25) is 0 Å². The summed E-state index contributed by atoms with van der Waals surface area (Å²) in [6, 6.07) is 10.5. The summed E-state index contributed by atoms with van der Waals surface area (Å²) in [5.41, 5.74) is 2.02. The van der Waals surface area contributed by atoms with Crippen LogP contribution in [0.15, 0.2) is 58.2 Å². The molecule has 1 aliphatic rings. The minimum absolute atomic E-state index is 0.0724. The zero-order valence-corrected chi connectivity index (χ0v) is 10.5. The second-order valence-electron chi connectivity index (χ2n) is 4.56. The number of hydrogen-bond donors (Lipinski definition) is 0. The third-order valence-corrected chi connectivity index (χ3v) is 3.41. The lowest BCUT2D eigenvalue weighted by atomic mass is 9.83. The maximum atomic E-state index is 12.4. The number of ketones is 2. The molecular weight excluding hydrogens is 240 g/mol. The minimum atomic E-state index is -0.0795. The van der Waals surface area contributed by atoms with Crippen molar-refractivity contribution in [2.24, 2.45) is 0 Å². The Morgan fingerprint density at radius 1 is 0.947 bits per heavy atom. The van der Waals surface area contributed by atoms with Crippen molar-refractivity contribution < 1.29 is 14.0 Å². The minimum Gasteiger partial charge on any atom is -0.469 e. The summed E-state index contributed by atoms with van der Waals surface area (Å²) in [7, 11) is 0. The van der Waals surface area contributed by atoms with Crippen LogP contribution >= 0.6 is 0 Å². The van der Waals surface area contributed by atoms with Crippen molar-refractivity contribution in [2.45, 2.75) is 13.3 Å². The van der Waals surface area contributed by atoms with Gasteiger partial charge in [-0.1, -0.05) is 24.3 Å². The fraction of sp³-hybridized carbons (Fsp3) is 0.125. The van der Waals surface area contributed by atoms with Crippen molar-refractivity contribution in [3.63, 3.8) is 0 Å². The van der Waals surface area contributed by atoms with E-state index in [4.69, 9.17) is 4.42 Å². The Balaban J connectivity index is 2.08. The molecule has 1 aromatic carbocycles. The third-order valence-electron chi connectivity index (χ3n) is 3.41. The van der Waals surface area contributed by atoms with Gasteiger partial charge in [0.05, 0.1) is 6.26 Å². The van der Waals surface area contributed by atoms with Gasteiger partial charge in [-0.3, -0.25) is 9.59 Å². The van der Waals surface area contributed by atoms with E-state index >= 15 is 0 Å². The first-order chi connectivity index (χ1) is 9.18. The van der Waals surface area contributed by atoms with Crippen molar-refractivity contribution >= 4 is 11.6 Å². The van der Waals surface area contributed by atoms with Crippen molar-refractivity contribution in [3.8, 4) is 0 Å². The summed E-state index contributed by atoms with van der Waals surface area (Å²) < 4.78 is 5.26. The monoisotopic (exact) mass is 252 g/mol. The molecule has 19 heavy (non-hydrogen) atoms. The van der Waals surface area contributed by atoms with Crippen molar-refractivity contribution in [2.75, 3.05) is 0 Å². The van der Waals surface area contributed by atoms with Crippen LogP contribution < -0.4 is 0 Å². The molecule has 2 aromatic rings. The summed E-state index contributed by atoms with van der Waals surface area (Å²) in [5, 5.41) is 0. The van der Waals surface area contributed by atoms with Gasteiger partial charge in [0.15, 0.2) is 11.6 Å². The molecule has 0 N–H and O–H groups in total. The molecule has 3 nitrogen and oxygen atoms in total. The van der Waals surface area contributed by atoms with E-state index in [-0.39, 0.29) is 11.6 Å². The molecule has 0 unspecified atom stereocenters. The summed E-state index contributed by atoms with van der Waals surface area (Å²) in [6.45, 7) is 1.70. The van der Waals surface area contributed by atoms with Crippen LogP contribution in [0.5, 0.6) is 0 Å². The summed E-state index contributed by atoms with van der Waals surface area (Å²) in [6.07, 6.45) is 1.92. The normalized spacial score (nSPS) is 14.8. The van der Waals surface area contributed by atoms with Crippen molar-refractivity contribution in [1.82, 2.24) is 0 Å². The molecule has 0 atom stereocenters. The lowest BCUT2D eigenvalue weighted by Gasteiger charge is -2.18. The first kappa shape index (κ1) is 11.7. The lowest BCUT2D eigenvalue weighted by Crippen LogP contribution is -2.21. The Morgan fingerprint density at radius 2 is 1.63 bits per heavy atom. The molecule has 0 amide bonds. The van der Waals surface area contributed by atoms with E-state index in [9.17, 15) is 9.59 Å². The fourth-order valence-corrected chi connectivity index (χ4v) is 2.35. The van der Waals surface area contributed by atoms with Gasteiger partial charge in [0.1, 0.15) is 5.76 Å². The number of fused-ring (bicyclic) bond motifs is 1. The van der Waals surface area contributed by atoms with E-state index in [0.717, 1.165) is 0 Å². The number of rotatable bonds is 2. The quantitative estimate of drug-likeness (QED) is 0.824. The van der Waals surface area contributed by atoms with Crippen molar-refractivity contribution in [1.29, 1.82) is 0 Å². The standard InChI is InChI=1S/C16H12O3/c1-10-14(9-11-5-4-8-19-11)16(18)13-7-3-2-6-12(13)15(10)17/h2-8H,9H2,1H3. The highest BCUT2D eigenvalue weighted by Crippen LogP contribution is 2.28. The predicted molar refractivity (Wildman–Crippen MR) is 70.2 cm³/mol. The summed E-state index contributed by atoms with van der Waals surface area (Å²) in [5.74, 6) is 0.538. The molecule has 0 spiro atoms. The molecule has 1 aliphatic carbocycles. The van der Waals surface area contributed by atoms with E-state index in [1.807, 2.05) is 0 Å². The number of furan rings is 1. The topological polar surface area (TPSA) is 47.3 Å². The average molecular weight is 252 g/mol. The number of benzene rings is 1. The van der Waals surface area contributed by atoms with Crippen LogP contribution in [0.3, 0.4) is 0 Å². The number of hydrogen-bond acceptors (Lipinski definition) is 3. The van der Waals surface area contributed by atoms with Crippen LogP contribution in [0.25, 0.3) is 0 Å². The highest BCUT2D eigenvalue weighted by Gasteiger charge is 2.29. The average Bonchev–Trinajstić information content (AvgIpc) is 2.94. The van der Waals surface area contributed by atoms with Gasteiger partial charge in [-0.25, -0.2) is 0 Å². The van der Waals surface area contributed by atoms with Gasteiger partial charge >= 0.3 is 0 Å². The number of allylic oxidation sites excluding steroid dienone is 2.